The Morgan fingerprint density at radius 3 is 1.79 bits per heavy atom. The van der Waals surface area contributed by atoms with Crippen molar-refractivity contribution in [3.05, 3.63) is 28.8 Å². The fourth-order valence-corrected chi connectivity index (χ4v) is 1.45. The van der Waals surface area contributed by atoms with E-state index < -0.39 is 20.0 Å². The molecular formula is C10H12F3N. The van der Waals surface area contributed by atoms with Crippen molar-refractivity contribution in [3.63, 3.8) is 0 Å². The molecule has 1 nitrogen and oxygen atoms in total. The summed E-state index contributed by atoms with van der Waals surface area (Å²) in [5.74, 6) is 0. The highest BCUT2D eigenvalue weighted by molar-refractivity contribution is 5.58. The number of hydrogen-bond acceptors (Lipinski definition) is 1. The van der Waals surface area contributed by atoms with Gasteiger partial charge in [-0.1, -0.05) is 0 Å². The van der Waals surface area contributed by atoms with Crippen molar-refractivity contribution in [2.75, 3.05) is 12.4 Å². The smallest absolute Gasteiger partial charge is 0.117 e. The molecule has 0 atom stereocenters. The van der Waals surface area contributed by atoms with Gasteiger partial charge in [-0.2, -0.15) is 0 Å². The van der Waals surface area contributed by atoms with Crippen LogP contribution in [0.25, 0.3) is 0 Å². The first kappa shape index (κ1) is 10.9. The summed E-state index contributed by atoms with van der Waals surface area (Å²) in [6.07, 6.45) is 0. The molecule has 0 heterocycles. The zero-order valence-corrected chi connectivity index (χ0v) is 7.91. The molecule has 0 aliphatic carbocycles. The summed E-state index contributed by atoms with van der Waals surface area (Å²) in [6.45, 7) is -2.15. The lowest BCUT2D eigenvalue weighted by molar-refractivity contribution is 0.466. The normalized spacial score (nSPS) is 10.3. The van der Waals surface area contributed by atoms with Crippen LogP contribution in [-0.4, -0.2) is 7.05 Å². The van der Waals surface area contributed by atoms with E-state index in [1.165, 1.54) is 12.1 Å². The van der Waals surface area contributed by atoms with Crippen molar-refractivity contribution >= 4 is 5.69 Å². The van der Waals surface area contributed by atoms with Crippen LogP contribution in [-0.2, 0) is 20.0 Å². The van der Waals surface area contributed by atoms with Crippen LogP contribution in [0.4, 0.5) is 18.9 Å². The van der Waals surface area contributed by atoms with Gasteiger partial charge >= 0.3 is 0 Å². The molecule has 0 unspecified atom stereocenters. The largest absolute Gasteiger partial charge is 0.388 e. The summed E-state index contributed by atoms with van der Waals surface area (Å²) >= 11 is 0. The fraction of sp³-hybridized carbons (Fsp3) is 0.400. The number of nitrogens with one attached hydrogen (secondary N) is 1. The maximum absolute atomic E-state index is 12.5. The standard InChI is InChI=1S/C10H12F3N/c1-14-10-8(5-12)2-7(4-11)3-9(10)6-13/h2-3,14H,4-6H2,1H3. The van der Waals surface area contributed by atoms with Crippen LogP contribution in [0.3, 0.4) is 0 Å². The molecule has 78 valence electrons. The van der Waals surface area contributed by atoms with Gasteiger partial charge in [0, 0.05) is 23.9 Å². The minimum Gasteiger partial charge on any atom is -0.388 e. The fourth-order valence-electron chi connectivity index (χ4n) is 1.45. The van der Waals surface area contributed by atoms with E-state index in [2.05, 4.69) is 5.32 Å². The number of anilines is 1. The van der Waals surface area contributed by atoms with Gasteiger partial charge in [0.2, 0.25) is 0 Å². The Hall–Kier alpha value is -1.19. The molecule has 0 aliphatic heterocycles. The summed E-state index contributed by atoms with van der Waals surface area (Å²) < 4.78 is 37.4. The van der Waals surface area contributed by atoms with Crippen molar-refractivity contribution in [1.29, 1.82) is 0 Å². The van der Waals surface area contributed by atoms with E-state index in [-0.39, 0.29) is 0 Å². The number of halogens is 3. The molecule has 1 N–H and O–H groups in total. The molecule has 0 aliphatic rings. The SMILES string of the molecule is CNc1c(CF)cc(CF)cc1CF. The Balaban J connectivity index is 3.24. The van der Waals surface area contributed by atoms with Crippen LogP contribution < -0.4 is 5.32 Å². The number of alkyl halides is 3. The summed E-state index contributed by atoms with van der Waals surface area (Å²) in [5.41, 5.74) is 1.34. The first-order valence-electron chi connectivity index (χ1n) is 4.27. The Kier molecular flexibility index (Phi) is 3.80. The van der Waals surface area contributed by atoms with Crippen molar-refractivity contribution in [2.24, 2.45) is 0 Å². The average molecular weight is 203 g/mol. The second-order valence-electron chi connectivity index (χ2n) is 2.94. The highest BCUT2D eigenvalue weighted by Gasteiger charge is 2.09. The highest BCUT2D eigenvalue weighted by atomic mass is 19.1. The topological polar surface area (TPSA) is 12.0 Å². The highest BCUT2D eigenvalue weighted by Crippen LogP contribution is 2.25. The molecule has 1 aromatic carbocycles. The van der Waals surface area contributed by atoms with Crippen molar-refractivity contribution in [3.8, 4) is 0 Å². The van der Waals surface area contributed by atoms with Crippen LogP contribution in [0, 0.1) is 0 Å². The van der Waals surface area contributed by atoms with Crippen LogP contribution in [0.1, 0.15) is 16.7 Å². The molecule has 14 heavy (non-hydrogen) atoms. The van der Waals surface area contributed by atoms with Crippen molar-refractivity contribution in [2.45, 2.75) is 20.0 Å². The molecule has 0 fully saturated rings. The maximum Gasteiger partial charge on any atom is 0.117 e. The third-order valence-electron chi connectivity index (χ3n) is 2.05. The first-order chi connectivity index (χ1) is 6.76. The van der Waals surface area contributed by atoms with Gasteiger partial charge in [-0.15, -0.1) is 0 Å². The zero-order valence-electron chi connectivity index (χ0n) is 7.91. The van der Waals surface area contributed by atoms with E-state index in [1.807, 2.05) is 0 Å². The number of hydrogen-bond donors (Lipinski definition) is 1. The molecule has 0 aromatic heterocycles. The Morgan fingerprint density at radius 2 is 1.50 bits per heavy atom. The number of rotatable bonds is 4. The molecule has 4 heteroatoms. The van der Waals surface area contributed by atoms with E-state index >= 15 is 0 Å². The molecule has 1 aromatic rings. The Bertz CT molecular complexity index is 287. The minimum absolute atomic E-state index is 0.301. The average Bonchev–Trinajstić information content (AvgIpc) is 2.26. The van der Waals surface area contributed by atoms with Gasteiger partial charge < -0.3 is 5.32 Å². The van der Waals surface area contributed by atoms with Gasteiger partial charge in [0.1, 0.15) is 20.0 Å². The van der Waals surface area contributed by atoms with Gasteiger partial charge in [-0.3, -0.25) is 0 Å². The minimum atomic E-state index is -0.725. The molecular weight excluding hydrogens is 191 g/mol. The second kappa shape index (κ2) is 4.88. The van der Waals surface area contributed by atoms with Gasteiger partial charge in [0.05, 0.1) is 0 Å². The second-order valence-corrected chi connectivity index (χ2v) is 2.94. The summed E-state index contributed by atoms with van der Waals surface area (Å²) in [6, 6.07) is 2.82. The van der Waals surface area contributed by atoms with Gasteiger partial charge in [0.25, 0.3) is 0 Å². The van der Waals surface area contributed by atoms with Gasteiger partial charge in [-0.25, -0.2) is 13.2 Å². The van der Waals surface area contributed by atoms with Crippen LogP contribution in [0.2, 0.25) is 0 Å². The molecule has 1 rings (SSSR count). The van der Waals surface area contributed by atoms with Crippen LogP contribution >= 0.6 is 0 Å². The number of benzene rings is 1. The van der Waals surface area contributed by atoms with E-state index in [4.69, 9.17) is 0 Å². The molecule has 0 bridgehead atoms. The van der Waals surface area contributed by atoms with E-state index in [0.29, 0.717) is 22.4 Å². The third-order valence-corrected chi connectivity index (χ3v) is 2.05. The van der Waals surface area contributed by atoms with E-state index in [0.717, 1.165) is 0 Å². The molecule has 0 saturated heterocycles. The lowest BCUT2D eigenvalue weighted by Gasteiger charge is -2.12. The van der Waals surface area contributed by atoms with Crippen LogP contribution in [0.5, 0.6) is 0 Å². The van der Waals surface area contributed by atoms with Crippen molar-refractivity contribution in [1.82, 2.24) is 0 Å². The quantitative estimate of drug-likeness (QED) is 0.792. The molecule has 0 amide bonds. The van der Waals surface area contributed by atoms with Gasteiger partial charge in [0.15, 0.2) is 0 Å². The molecule has 0 radical (unpaired) electrons. The zero-order chi connectivity index (χ0) is 10.6. The predicted molar refractivity (Wildman–Crippen MR) is 50.4 cm³/mol. The lowest BCUT2D eigenvalue weighted by atomic mass is 10.0. The monoisotopic (exact) mass is 203 g/mol. The van der Waals surface area contributed by atoms with Gasteiger partial charge in [-0.05, 0) is 17.7 Å². The lowest BCUT2D eigenvalue weighted by Crippen LogP contribution is -2.00. The van der Waals surface area contributed by atoms with Crippen LogP contribution in [0.15, 0.2) is 12.1 Å². The summed E-state index contributed by atoms with van der Waals surface area (Å²) in [4.78, 5) is 0. The predicted octanol–water partition coefficient (Wildman–Crippen LogP) is 3.14. The molecule has 0 saturated carbocycles. The van der Waals surface area contributed by atoms with E-state index in [1.54, 1.807) is 7.05 Å². The Morgan fingerprint density at radius 1 is 1.00 bits per heavy atom. The summed E-state index contributed by atoms with van der Waals surface area (Å²) in [7, 11) is 1.59. The third kappa shape index (κ3) is 2.00. The van der Waals surface area contributed by atoms with E-state index in [9.17, 15) is 13.2 Å². The van der Waals surface area contributed by atoms with Crippen molar-refractivity contribution < 1.29 is 13.2 Å². The Labute approximate surface area is 80.9 Å². The summed E-state index contributed by atoms with van der Waals surface area (Å²) in [5, 5.41) is 2.71. The maximum atomic E-state index is 12.5. The molecule has 0 spiro atoms. The first-order valence-corrected chi connectivity index (χ1v) is 4.27.